The molecule has 30 heavy (non-hydrogen) atoms. The summed E-state index contributed by atoms with van der Waals surface area (Å²) in [6, 6.07) is 17.9. The lowest BCUT2D eigenvalue weighted by molar-refractivity contribution is -0.116. The maximum atomic E-state index is 12.8. The zero-order valence-corrected chi connectivity index (χ0v) is 17.2. The lowest BCUT2D eigenvalue weighted by Gasteiger charge is -2.32. The molecule has 152 valence electrons. The molecule has 1 aliphatic carbocycles. The van der Waals surface area contributed by atoms with Crippen LogP contribution in [0.25, 0.3) is 0 Å². The summed E-state index contributed by atoms with van der Waals surface area (Å²) in [6.07, 6.45) is 2.18. The summed E-state index contributed by atoms with van der Waals surface area (Å²) in [5.41, 5.74) is 4.96. The van der Waals surface area contributed by atoms with Crippen LogP contribution < -0.4 is 14.8 Å². The van der Waals surface area contributed by atoms with Crippen LogP contribution in [0.3, 0.4) is 0 Å². The number of benzene rings is 2. The third-order valence-electron chi connectivity index (χ3n) is 5.65. The van der Waals surface area contributed by atoms with E-state index in [1.54, 1.807) is 7.11 Å². The second-order valence-corrected chi connectivity index (χ2v) is 7.56. The molecule has 1 atom stereocenters. The van der Waals surface area contributed by atoms with Crippen molar-refractivity contribution in [2.24, 2.45) is 0 Å². The van der Waals surface area contributed by atoms with Crippen molar-refractivity contribution in [1.82, 2.24) is 5.32 Å². The van der Waals surface area contributed by atoms with Crippen molar-refractivity contribution in [3.63, 3.8) is 0 Å². The number of Topliss-reactive ketones (excluding diaryl/α,β-unsaturated/α-hetero) is 1. The maximum Gasteiger partial charge on any atom is 0.161 e. The summed E-state index contributed by atoms with van der Waals surface area (Å²) in [6.45, 7) is 2.32. The van der Waals surface area contributed by atoms with Gasteiger partial charge in [0.25, 0.3) is 0 Å². The number of nitrogens with zero attached hydrogens (tertiary/aromatic N) is 1. The van der Waals surface area contributed by atoms with E-state index in [1.165, 1.54) is 0 Å². The van der Waals surface area contributed by atoms with Gasteiger partial charge in [0.1, 0.15) is 6.61 Å². The first-order valence-electron chi connectivity index (χ1n) is 10.1. The van der Waals surface area contributed by atoms with Crippen molar-refractivity contribution in [3.05, 3.63) is 82.2 Å². The number of hydrogen-bond acceptors (Lipinski definition) is 5. The summed E-state index contributed by atoms with van der Waals surface area (Å²) < 4.78 is 11.5. The van der Waals surface area contributed by atoms with Crippen molar-refractivity contribution in [3.8, 4) is 17.6 Å². The Balaban J connectivity index is 1.69. The van der Waals surface area contributed by atoms with Gasteiger partial charge in [-0.25, -0.2) is 0 Å². The first-order chi connectivity index (χ1) is 14.6. The molecule has 1 aliphatic heterocycles. The van der Waals surface area contributed by atoms with Gasteiger partial charge in [0.15, 0.2) is 17.3 Å². The molecular formula is C25H24N2O3. The molecule has 0 spiro atoms. The number of carbonyl (C=O) groups excluding carboxylic acids is 1. The minimum Gasteiger partial charge on any atom is -0.493 e. The molecule has 0 aromatic heterocycles. The number of dihydropyridines is 1. The number of hydrogen-bond donors (Lipinski definition) is 1. The molecule has 1 N–H and O–H groups in total. The predicted octanol–water partition coefficient (Wildman–Crippen LogP) is 4.77. The second-order valence-electron chi connectivity index (χ2n) is 7.56. The highest BCUT2D eigenvalue weighted by molar-refractivity contribution is 5.99. The van der Waals surface area contributed by atoms with E-state index >= 15 is 0 Å². The lowest BCUT2D eigenvalue weighted by Crippen LogP contribution is -2.31. The molecule has 0 saturated carbocycles. The Hall–Kier alpha value is -3.52. The highest BCUT2D eigenvalue weighted by atomic mass is 16.5. The normalized spacial score (nSPS) is 18.4. The zero-order valence-electron chi connectivity index (χ0n) is 17.2. The van der Waals surface area contributed by atoms with Crippen LogP contribution in [-0.4, -0.2) is 12.9 Å². The largest absolute Gasteiger partial charge is 0.493 e. The van der Waals surface area contributed by atoms with Crippen LogP contribution in [0.15, 0.2) is 71.1 Å². The molecule has 5 nitrogen and oxygen atoms in total. The van der Waals surface area contributed by atoms with E-state index in [0.717, 1.165) is 35.4 Å². The van der Waals surface area contributed by atoms with Crippen LogP contribution in [0.5, 0.6) is 11.5 Å². The van der Waals surface area contributed by atoms with Gasteiger partial charge in [-0.1, -0.05) is 36.4 Å². The summed E-state index contributed by atoms with van der Waals surface area (Å²) >= 11 is 0. The molecule has 2 aromatic carbocycles. The number of ether oxygens (including phenoxy) is 2. The van der Waals surface area contributed by atoms with Gasteiger partial charge >= 0.3 is 0 Å². The number of rotatable bonds is 5. The minimum absolute atomic E-state index is 0.109. The monoisotopic (exact) mass is 400 g/mol. The van der Waals surface area contributed by atoms with Gasteiger partial charge in [-0.3, -0.25) is 4.79 Å². The van der Waals surface area contributed by atoms with Crippen molar-refractivity contribution in [1.29, 1.82) is 5.26 Å². The second kappa shape index (κ2) is 8.46. The smallest absolute Gasteiger partial charge is 0.161 e. The Bertz CT molecular complexity index is 1080. The number of nitrogens with one attached hydrogen (secondary N) is 1. The van der Waals surface area contributed by atoms with Crippen molar-refractivity contribution >= 4 is 5.78 Å². The minimum atomic E-state index is -0.379. The SMILES string of the molecule is COc1cc([C@@H]2C(C#N)=C(C)NC3=C2C(=O)CCC3)ccc1OCc1ccccc1. The van der Waals surface area contributed by atoms with Crippen molar-refractivity contribution in [2.45, 2.75) is 38.7 Å². The highest BCUT2D eigenvalue weighted by Gasteiger charge is 2.36. The molecule has 2 aliphatic rings. The Kier molecular flexibility index (Phi) is 5.58. The van der Waals surface area contributed by atoms with Crippen molar-refractivity contribution in [2.75, 3.05) is 7.11 Å². The number of allylic oxidation sites excluding steroid dienone is 4. The van der Waals surface area contributed by atoms with E-state index in [0.29, 0.717) is 35.7 Å². The number of ketones is 1. The average Bonchev–Trinajstić information content (AvgIpc) is 2.77. The fourth-order valence-corrected chi connectivity index (χ4v) is 4.18. The zero-order chi connectivity index (χ0) is 21.1. The van der Waals surface area contributed by atoms with Crippen LogP contribution >= 0.6 is 0 Å². The maximum absolute atomic E-state index is 12.8. The van der Waals surface area contributed by atoms with Gasteiger partial charge in [0, 0.05) is 23.4 Å². The van der Waals surface area contributed by atoms with Crippen molar-refractivity contribution < 1.29 is 14.3 Å². The number of methoxy groups -OCH3 is 1. The van der Waals surface area contributed by atoms with Crippen LogP contribution in [0, 0.1) is 11.3 Å². The third kappa shape index (κ3) is 3.69. The van der Waals surface area contributed by atoms with E-state index in [4.69, 9.17) is 9.47 Å². The third-order valence-corrected chi connectivity index (χ3v) is 5.65. The molecule has 0 fully saturated rings. The van der Waals surface area contributed by atoms with Crippen LogP contribution in [0.2, 0.25) is 0 Å². The van der Waals surface area contributed by atoms with E-state index in [-0.39, 0.29) is 11.7 Å². The standard InChI is InChI=1S/C25H24N2O3/c1-16-19(14-26)24(25-20(27-16)9-6-10-21(25)28)18-11-12-22(23(13-18)29-2)30-15-17-7-4-3-5-8-17/h3-5,7-8,11-13,24,27H,6,9-10,15H2,1-2H3/t24-/m1/s1. The number of carbonyl (C=O) groups is 1. The Labute approximate surface area is 176 Å². The molecule has 1 heterocycles. The van der Waals surface area contributed by atoms with E-state index in [2.05, 4.69) is 11.4 Å². The van der Waals surface area contributed by atoms with Crippen LogP contribution in [0.1, 0.15) is 43.2 Å². The molecule has 5 heteroatoms. The van der Waals surface area contributed by atoms with Gasteiger partial charge in [-0.05, 0) is 43.0 Å². The van der Waals surface area contributed by atoms with E-state index < -0.39 is 0 Å². The van der Waals surface area contributed by atoms with Gasteiger partial charge in [-0.15, -0.1) is 0 Å². The average molecular weight is 400 g/mol. The summed E-state index contributed by atoms with van der Waals surface area (Å²) in [5.74, 6) is 0.943. The molecule has 0 saturated heterocycles. The van der Waals surface area contributed by atoms with Gasteiger partial charge in [-0.2, -0.15) is 5.26 Å². The molecule has 0 amide bonds. The lowest BCUT2D eigenvalue weighted by atomic mass is 9.75. The summed E-state index contributed by atoms with van der Waals surface area (Å²) in [4.78, 5) is 12.8. The van der Waals surface area contributed by atoms with Gasteiger partial charge in [0.05, 0.1) is 24.7 Å². The van der Waals surface area contributed by atoms with Gasteiger partial charge < -0.3 is 14.8 Å². The summed E-state index contributed by atoms with van der Waals surface area (Å²) in [7, 11) is 1.60. The molecule has 0 bridgehead atoms. The van der Waals surface area contributed by atoms with Gasteiger partial charge in [0.2, 0.25) is 0 Å². The molecule has 4 rings (SSSR count). The Morgan fingerprint density at radius 2 is 1.93 bits per heavy atom. The number of nitriles is 1. The van der Waals surface area contributed by atoms with E-state index in [1.807, 2.05) is 55.5 Å². The van der Waals surface area contributed by atoms with Crippen LogP contribution in [-0.2, 0) is 11.4 Å². The Morgan fingerprint density at radius 3 is 2.67 bits per heavy atom. The fourth-order valence-electron chi connectivity index (χ4n) is 4.18. The quantitative estimate of drug-likeness (QED) is 0.783. The summed E-state index contributed by atoms with van der Waals surface area (Å²) in [5, 5.41) is 13.1. The van der Waals surface area contributed by atoms with Crippen LogP contribution in [0.4, 0.5) is 0 Å². The Morgan fingerprint density at radius 1 is 1.13 bits per heavy atom. The molecule has 0 radical (unpaired) electrons. The van der Waals surface area contributed by atoms with E-state index in [9.17, 15) is 10.1 Å². The molecule has 2 aromatic rings. The first-order valence-corrected chi connectivity index (χ1v) is 10.1. The first kappa shape index (κ1) is 19.8. The topological polar surface area (TPSA) is 71.3 Å². The highest BCUT2D eigenvalue weighted by Crippen LogP contribution is 2.43. The predicted molar refractivity (Wildman–Crippen MR) is 114 cm³/mol. The molecule has 0 unspecified atom stereocenters. The fraction of sp³-hybridized carbons (Fsp3) is 0.280. The molecular weight excluding hydrogens is 376 g/mol.